The highest BCUT2D eigenvalue weighted by Crippen LogP contribution is 2.46. The molecule has 3 heterocycles. The van der Waals surface area contributed by atoms with Gasteiger partial charge in [0, 0.05) is 15.9 Å². The third kappa shape index (κ3) is 1.69. The third-order valence-corrected chi connectivity index (χ3v) is 3.95. The van der Waals surface area contributed by atoms with Crippen LogP contribution in [0, 0.1) is 0 Å². The van der Waals surface area contributed by atoms with E-state index in [1.54, 1.807) is 0 Å². The van der Waals surface area contributed by atoms with Crippen molar-refractivity contribution < 1.29 is 14.2 Å². The largest absolute Gasteiger partial charge is 0.345 e. The summed E-state index contributed by atoms with van der Waals surface area (Å²) in [4.78, 5) is 2.89. The van der Waals surface area contributed by atoms with Gasteiger partial charge < -0.3 is 14.2 Å². The van der Waals surface area contributed by atoms with Gasteiger partial charge in [0.1, 0.15) is 6.10 Å². The lowest BCUT2D eigenvalue weighted by atomic mass is 10.1. The Morgan fingerprint density at radius 3 is 2.75 bits per heavy atom. The molecule has 0 radical (unpaired) electrons. The van der Waals surface area contributed by atoms with Crippen LogP contribution in [0.3, 0.4) is 0 Å². The minimum Gasteiger partial charge on any atom is -0.345 e. The highest BCUT2D eigenvalue weighted by molar-refractivity contribution is 8.06. The zero-order valence-electron chi connectivity index (χ0n) is 9.07. The topological polar surface area (TPSA) is 76.5 Å². The van der Waals surface area contributed by atoms with Crippen molar-refractivity contribution in [2.45, 2.75) is 49.4 Å². The summed E-state index contributed by atoms with van der Waals surface area (Å²) in [6.45, 7) is 3.67. The van der Waals surface area contributed by atoms with Gasteiger partial charge in [0.25, 0.3) is 0 Å². The Hall–Kier alpha value is -0.460. The van der Waals surface area contributed by atoms with Crippen molar-refractivity contribution in [3.63, 3.8) is 0 Å². The summed E-state index contributed by atoms with van der Waals surface area (Å²) in [7, 11) is 0. The van der Waals surface area contributed by atoms with Gasteiger partial charge in [0.05, 0.1) is 12.1 Å². The van der Waals surface area contributed by atoms with Crippen molar-refractivity contribution in [2.75, 3.05) is 5.75 Å². The SMILES string of the molecule is CC1(C)O[C@H]2O[C@H]([C@H]3CS3)[C@H](N=[N+]=[N-])[C@H]2O1. The Balaban J connectivity index is 1.82. The maximum atomic E-state index is 8.60. The molecule has 0 aliphatic carbocycles. The lowest BCUT2D eigenvalue weighted by molar-refractivity contribution is -0.205. The molecule has 0 saturated carbocycles. The van der Waals surface area contributed by atoms with Crippen molar-refractivity contribution in [3.05, 3.63) is 10.4 Å². The van der Waals surface area contributed by atoms with Crippen LogP contribution >= 0.6 is 11.8 Å². The van der Waals surface area contributed by atoms with E-state index in [9.17, 15) is 0 Å². The van der Waals surface area contributed by atoms with E-state index in [-0.39, 0.29) is 18.2 Å². The van der Waals surface area contributed by atoms with E-state index >= 15 is 0 Å². The lowest BCUT2D eigenvalue weighted by Crippen LogP contribution is -2.35. The fraction of sp³-hybridized carbons (Fsp3) is 1.00. The fourth-order valence-corrected chi connectivity index (χ4v) is 2.98. The summed E-state index contributed by atoms with van der Waals surface area (Å²) < 4.78 is 17.1. The molecule has 0 spiro atoms. The summed E-state index contributed by atoms with van der Waals surface area (Å²) in [5, 5.41) is 4.24. The number of fused-ring (bicyclic) bond motifs is 1. The molecular weight excluding hydrogens is 230 g/mol. The molecule has 0 N–H and O–H groups in total. The molecule has 0 unspecified atom stereocenters. The van der Waals surface area contributed by atoms with Gasteiger partial charge in [0.2, 0.25) is 0 Å². The minimum atomic E-state index is -0.653. The van der Waals surface area contributed by atoms with Gasteiger partial charge in [-0.1, -0.05) is 5.11 Å². The summed E-state index contributed by atoms with van der Waals surface area (Å²) in [5.41, 5.74) is 8.60. The molecule has 0 bridgehead atoms. The van der Waals surface area contributed by atoms with Crippen LogP contribution in [0.4, 0.5) is 0 Å². The van der Waals surface area contributed by atoms with Crippen LogP contribution in [-0.4, -0.2) is 41.3 Å². The second-order valence-corrected chi connectivity index (χ2v) is 5.91. The van der Waals surface area contributed by atoms with Crippen LogP contribution < -0.4 is 0 Å². The van der Waals surface area contributed by atoms with Gasteiger partial charge in [-0.25, -0.2) is 0 Å². The number of hydrogen-bond acceptors (Lipinski definition) is 5. The molecule has 3 rings (SSSR count). The van der Waals surface area contributed by atoms with E-state index in [4.69, 9.17) is 19.7 Å². The summed E-state index contributed by atoms with van der Waals surface area (Å²) in [6, 6.07) is -0.267. The standard InChI is InChI=1S/C9H13N3O3S/c1-9(2)14-7-5(11-12-10)6(4-3-16-4)13-8(7)15-9/h4-8H,3H2,1-2H3/t4-,5+,6-,7-,8-/m1/s1. The van der Waals surface area contributed by atoms with Crippen LogP contribution in [0.1, 0.15) is 13.8 Å². The number of rotatable bonds is 2. The minimum absolute atomic E-state index is 0.0630. The molecular formula is C9H13N3O3S. The highest BCUT2D eigenvalue weighted by atomic mass is 32.2. The molecule has 7 heteroatoms. The number of hydrogen-bond donors (Lipinski definition) is 0. The van der Waals surface area contributed by atoms with E-state index < -0.39 is 12.1 Å². The number of nitrogens with zero attached hydrogens (tertiary/aromatic N) is 3. The average molecular weight is 243 g/mol. The molecule has 16 heavy (non-hydrogen) atoms. The van der Waals surface area contributed by atoms with Crippen LogP contribution in [0.15, 0.2) is 5.11 Å². The summed E-state index contributed by atoms with van der Waals surface area (Å²) >= 11 is 1.81. The molecule has 3 aliphatic heterocycles. The quantitative estimate of drug-likeness (QED) is 0.320. The van der Waals surface area contributed by atoms with Gasteiger partial charge in [0.15, 0.2) is 12.1 Å². The molecule has 3 fully saturated rings. The molecule has 0 amide bonds. The van der Waals surface area contributed by atoms with Crippen LogP contribution in [0.2, 0.25) is 0 Å². The second kappa shape index (κ2) is 3.51. The molecule has 0 aromatic heterocycles. The smallest absolute Gasteiger partial charge is 0.188 e. The van der Waals surface area contributed by atoms with Crippen molar-refractivity contribution in [1.29, 1.82) is 0 Å². The first kappa shape index (κ1) is 10.7. The van der Waals surface area contributed by atoms with Crippen molar-refractivity contribution in [2.24, 2.45) is 5.11 Å². The van der Waals surface area contributed by atoms with E-state index in [0.29, 0.717) is 5.25 Å². The van der Waals surface area contributed by atoms with Gasteiger partial charge >= 0.3 is 0 Å². The first-order valence-electron chi connectivity index (χ1n) is 5.28. The zero-order valence-corrected chi connectivity index (χ0v) is 9.88. The molecule has 0 aromatic carbocycles. The normalized spacial score (nSPS) is 48.5. The van der Waals surface area contributed by atoms with Crippen LogP contribution in [0.5, 0.6) is 0 Å². The molecule has 5 atom stereocenters. The maximum Gasteiger partial charge on any atom is 0.188 e. The molecule has 3 saturated heterocycles. The predicted molar refractivity (Wildman–Crippen MR) is 57.9 cm³/mol. The first-order chi connectivity index (χ1) is 7.61. The maximum absolute atomic E-state index is 8.60. The van der Waals surface area contributed by atoms with E-state index in [1.165, 1.54) is 0 Å². The second-order valence-electron chi connectivity index (χ2n) is 4.64. The zero-order chi connectivity index (χ0) is 11.3. The Labute approximate surface area is 97.2 Å². The molecule has 6 nitrogen and oxygen atoms in total. The fourth-order valence-electron chi connectivity index (χ4n) is 2.26. The predicted octanol–water partition coefficient (Wildman–Crippen LogP) is 1.66. The highest BCUT2D eigenvalue weighted by Gasteiger charge is 2.57. The van der Waals surface area contributed by atoms with Crippen LogP contribution in [-0.2, 0) is 14.2 Å². The lowest BCUT2D eigenvalue weighted by Gasteiger charge is -2.22. The van der Waals surface area contributed by atoms with Gasteiger partial charge in [-0.3, -0.25) is 0 Å². The summed E-state index contributed by atoms with van der Waals surface area (Å²) in [5.74, 6) is 0.408. The third-order valence-electron chi connectivity index (χ3n) is 2.96. The average Bonchev–Trinajstić information content (AvgIpc) is 2.92. The van der Waals surface area contributed by atoms with Crippen molar-refractivity contribution in [1.82, 2.24) is 0 Å². The Bertz CT molecular complexity index is 354. The monoisotopic (exact) mass is 243 g/mol. The van der Waals surface area contributed by atoms with E-state index in [0.717, 1.165) is 5.75 Å². The Kier molecular flexibility index (Phi) is 2.35. The van der Waals surface area contributed by atoms with Crippen LogP contribution in [0.25, 0.3) is 10.4 Å². The first-order valence-corrected chi connectivity index (χ1v) is 6.32. The molecule has 88 valence electrons. The molecule has 0 aromatic rings. The van der Waals surface area contributed by atoms with E-state index in [1.807, 2.05) is 25.6 Å². The Morgan fingerprint density at radius 1 is 1.38 bits per heavy atom. The number of thioether (sulfide) groups is 1. The number of ether oxygens (including phenoxy) is 3. The van der Waals surface area contributed by atoms with Gasteiger partial charge in [-0.15, -0.1) is 0 Å². The van der Waals surface area contributed by atoms with Gasteiger partial charge in [-0.05, 0) is 19.4 Å². The Morgan fingerprint density at radius 2 is 2.12 bits per heavy atom. The molecule has 3 aliphatic rings. The van der Waals surface area contributed by atoms with Gasteiger partial charge in [-0.2, -0.15) is 11.8 Å². The van der Waals surface area contributed by atoms with E-state index in [2.05, 4.69) is 10.0 Å². The summed E-state index contributed by atoms with van der Waals surface area (Å²) in [6.07, 6.45) is -0.721. The van der Waals surface area contributed by atoms with Crippen molar-refractivity contribution in [3.8, 4) is 0 Å². The van der Waals surface area contributed by atoms with Crippen molar-refractivity contribution >= 4 is 11.8 Å². The number of azide groups is 1.